The zero-order valence-electron chi connectivity index (χ0n) is 9.13. The number of aromatic nitrogens is 1. The van der Waals surface area contributed by atoms with Crippen molar-refractivity contribution >= 4 is 28.5 Å². The molecule has 2 rings (SSSR count). The molecule has 1 aromatic carbocycles. The summed E-state index contributed by atoms with van der Waals surface area (Å²) in [6.07, 6.45) is 1.63. The van der Waals surface area contributed by atoms with Gasteiger partial charge in [-0.1, -0.05) is 11.6 Å². The van der Waals surface area contributed by atoms with Crippen LogP contribution >= 0.6 is 11.6 Å². The highest BCUT2D eigenvalue weighted by Gasteiger charge is 2.15. The third kappa shape index (κ3) is 1.78. The molecule has 0 unspecified atom stereocenters. The number of rotatable bonds is 2. The highest BCUT2D eigenvalue weighted by molar-refractivity contribution is 6.36. The molecule has 0 bridgehead atoms. The molecule has 0 aliphatic heterocycles. The zero-order chi connectivity index (χ0) is 11.7. The van der Waals surface area contributed by atoms with Gasteiger partial charge >= 0.3 is 5.97 Å². The average Bonchev–Trinajstić information content (AvgIpc) is 2.61. The molecule has 0 spiro atoms. The van der Waals surface area contributed by atoms with Gasteiger partial charge in [0.1, 0.15) is 0 Å². The molecule has 1 aromatic heterocycles. The Morgan fingerprint density at radius 1 is 1.50 bits per heavy atom. The van der Waals surface area contributed by atoms with Gasteiger partial charge in [-0.05, 0) is 31.5 Å². The van der Waals surface area contributed by atoms with Crippen LogP contribution in [0.2, 0.25) is 5.02 Å². The highest BCUT2D eigenvalue weighted by atomic mass is 35.5. The van der Waals surface area contributed by atoms with Crippen molar-refractivity contribution in [3.63, 3.8) is 0 Å². The maximum Gasteiger partial charge on any atom is 0.340 e. The number of ether oxygens (including phenoxy) is 1. The molecule has 0 fully saturated rings. The fraction of sp³-hybridized carbons (Fsp3) is 0.250. The molecular formula is C12H12ClNO2. The second-order valence-electron chi connectivity index (χ2n) is 3.59. The van der Waals surface area contributed by atoms with Gasteiger partial charge in [-0.2, -0.15) is 0 Å². The van der Waals surface area contributed by atoms with Gasteiger partial charge in [0.25, 0.3) is 0 Å². The first kappa shape index (κ1) is 11.0. The van der Waals surface area contributed by atoms with E-state index in [-0.39, 0.29) is 5.97 Å². The van der Waals surface area contributed by atoms with Crippen LogP contribution < -0.4 is 0 Å². The van der Waals surface area contributed by atoms with E-state index in [9.17, 15) is 4.79 Å². The SMILES string of the molecule is CCOC(=O)c1c[nH]c2cc(C)cc(Cl)c12. The van der Waals surface area contributed by atoms with Gasteiger partial charge in [-0.15, -0.1) is 0 Å². The average molecular weight is 238 g/mol. The van der Waals surface area contributed by atoms with Gasteiger partial charge in [0.15, 0.2) is 0 Å². The summed E-state index contributed by atoms with van der Waals surface area (Å²) < 4.78 is 4.96. The lowest BCUT2D eigenvalue weighted by Crippen LogP contribution is -2.03. The summed E-state index contributed by atoms with van der Waals surface area (Å²) in [7, 11) is 0. The van der Waals surface area contributed by atoms with Gasteiger partial charge in [0.2, 0.25) is 0 Å². The largest absolute Gasteiger partial charge is 0.462 e. The molecule has 0 atom stereocenters. The summed E-state index contributed by atoms with van der Waals surface area (Å²) in [5.41, 5.74) is 2.39. The molecule has 0 aliphatic rings. The molecular weight excluding hydrogens is 226 g/mol. The van der Waals surface area contributed by atoms with E-state index in [4.69, 9.17) is 16.3 Å². The van der Waals surface area contributed by atoms with E-state index in [0.717, 1.165) is 16.5 Å². The minimum atomic E-state index is -0.348. The molecule has 0 radical (unpaired) electrons. The Morgan fingerprint density at radius 2 is 2.25 bits per heavy atom. The first-order chi connectivity index (χ1) is 7.63. The number of aromatic amines is 1. The molecule has 0 saturated carbocycles. The number of hydrogen-bond acceptors (Lipinski definition) is 2. The molecule has 0 saturated heterocycles. The van der Waals surface area contributed by atoms with E-state index in [0.29, 0.717) is 17.2 Å². The maximum atomic E-state index is 11.7. The molecule has 0 amide bonds. The fourth-order valence-electron chi connectivity index (χ4n) is 1.72. The zero-order valence-corrected chi connectivity index (χ0v) is 9.89. The number of aryl methyl sites for hydroxylation is 1. The molecule has 84 valence electrons. The summed E-state index contributed by atoms with van der Waals surface area (Å²) in [5, 5.41) is 1.30. The Labute approximate surface area is 98.4 Å². The molecule has 1 heterocycles. The van der Waals surface area contributed by atoms with Gasteiger partial charge in [-0.3, -0.25) is 0 Å². The van der Waals surface area contributed by atoms with Crippen LogP contribution in [0, 0.1) is 6.92 Å². The number of carbonyl (C=O) groups is 1. The number of nitrogens with one attached hydrogen (secondary N) is 1. The van der Waals surface area contributed by atoms with Crippen LogP contribution in [-0.2, 0) is 4.74 Å². The maximum absolute atomic E-state index is 11.7. The number of halogens is 1. The van der Waals surface area contributed by atoms with Crippen molar-refractivity contribution < 1.29 is 9.53 Å². The van der Waals surface area contributed by atoms with Crippen LogP contribution in [0.4, 0.5) is 0 Å². The number of benzene rings is 1. The lowest BCUT2D eigenvalue weighted by molar-refractivity contribution is 0.0529. The van der Waals surface area contributed by atoms with E-state index in [1.165, 1.54) is 0 Å². The van der Waals surface area contributed by atoms with Gasteiger partial charge < -0.3 is 9.72 Å². The molecule has 3 nitrogen and oxygen atoms in total. The predicted molar refractivity (Wildman–Crippen MR) is 64.0 cm³/mol. The van der Waals surface area contributed by atoms with E-state index >= 15 is 0 Å². The Bertz CT molecular complexity index is 545. The number of H-pyrrole nitrogens is 1. The normalized spacial score (nSPS) is 10.7. The molecule has 1 N–H and O–H groups in total. The molecule has 16 heavy (non-hydrogen) atoms. The van der Waals surface area contributed by atoms with Crippen molar-refractivity contribution in [3.8, 4) is 0 Å². The predicted octanol–water partition coefficient (Wildman–Crippen LogP) is 3.31. The van der Waals surface area contributed by atoms with Crippen molar-refractivity contribution in [2.75, 3.05) is 6.61 Å². The van der Waals surface area contributed by atoms with E-state index < -0.39 is 0 Å². The Kier molecular flexibility index (Phi) is 2.88. The van der Waals surface area contributed by atoms with E-state index in [1.54, 1.807) is 13.1 Å². The van der Waals surface area contributed by atoms with Crippen LogP contribution in [0.5, 0.6) is 0 Å². The van der Waals surface area contributed by atoms with Gasteiger partial charge in [-0.25, -0.2) is 4.79 Å². The van der Waals surface area contributed by atoms with Crippen LogP contribution in [0.1, 0.15) is 22.8 Å². The minimum Gasteiger partial charge on any atom is -0.462 e. The van der Waals surface area contributed by atoms with Crippen molar-refractivity contribution in [3.05, 3.63) is 34.5 Å². The van der Waals surface area contributed by atoms with Crippen molar-refractivity contribution in [1.29, 1.82) is 0 Å². The monoisotopic (exact) mass is 237 g/mol. The Balaban J connectivity index is 2.60. The molecule has 2 aromatic rings. The summed E-state index contributed by atoms with van der Waals surface area (Å²) in [4.78, 5) is 14.7. The summed E-state index contributed by atoms with van der Waals surface area (Å²) in [6.45, 7) is 4.09. The summed E-state index contributed by atoms with van der Waals surface area (Å²) in [5.74, 6) is -0.348. The van der Waals surface area contributed by atoms with Crippen LogP contribution in [0.15, 0.2) is 18.3 Å². The van der Waals surface area contributed by atoms with Crippen molar-refractivity contribution in [1.82, 2.24) is 4.98 Å². The number of hydrogen-bond donors (Lipinski definition) is 1. The van der Waals surface area contributed by atoms with Crippen molar-refractivity contribution in [2.45, 2.75) is 13.8 Å². The standard InChI is InChI=1S/C12H12ClNO2/c1-3-16-12(15)8-6-14-10-5-7(2)4-9(13)11(8)10/h4-6,14H,3H2,1-2H3. The number of esters is 1. The lowest BCUT2D eigenvalue weighted by atomic mass is 10.1. The van der Waals surface area contributed by atoms with Gasteiger partial charge in [0, 0.05) is 17.1 Å². The van der Waals surface area contributed by atoms with Crippen LogP contribution in [0.25, 0.3) is 10.9 Å². The molecule has 4 heteroatoms. The first-order valence-electron chi connectivity index (χ1n) is 5.08. The van der Waals surface area contributed by atoms with Crippen LogP contribution in [-0.4, -0.2) is 17.6 Å². The summed E-state index contributed by atoms with van der Waals surface area (Å²) >= 11 is 6.13. The van der Waals surface area contributed by atoms with E-state index in [1.807, 2.05) is 19.1 Å². The second-order valence-corrected chi connectivity index (χ2v) is 4.00. The Hall–Kier alpha value is -1.48. The van der Waals surface area contributed by atoms with Gasteiger partial charge in [0.05, 0.1) is 17.2 Å². The fourth-order valence-corrected chi connectivity index (χ4v) is 2.10. The smallest absolute Gasteiger partial charge is 0.340 e. The topological polar surface area (TPSA) is 42.1 Å². The van der Waals surface area contributed by atoms with Crippen LogP contribution in [0.3, 0.4) is 0 Å². The molecule has 0 aliphatic carbocycles. The first-order valence-corrected chi connectivity index (χ1v) is 5.45. The van der Waals surface area contributed by atoms with Crippen molar-refractivity contribution in [2.24, 2.45) is 0 Å². The quantitative estimate of drug-likeness (QED) is 0.815. The highest BCUT2D eigenvalue weighted by Crippen LogP contribution is 2.28. The van der Waals surface area contributed by atoms with E-state index in [2.05, 4.69) is 4.98 Å². The Morgan fingerprint density at radius 3 is 2.94 bits per heavy atom. The lowest BCUT2D eigenvalue weighted by Gasteiger charge is -2.02. The number of carbonyl (C=O) groups excluding carboxylic acids is 1. The minimum absolute atomic E-state index is 0.348. The number of fused-ring (bicyclic) bond motifs is 1. The second kappa shape index (κ2) is 4.18. The third-order valence-electron chi connectivity index (χ3n) is 2.37. The summed E-state index contributed by atoms with van der Waals surface area (Å²) in [6, 6.07) is 3.78. The third-order valence-corrected chi connectivity index (χ3v) is 2.67.